The highest BCUT2D eigenvalue weighted by atomic mass is 32.2. The topological polar surface area (TPSA) is 203 Å². The summed E-state index contributed by atoms with van der Waals surface area (Å²) in [5, 5.41) is 15.1. The van der Waals surface area contributed by atoms with E-state index in [1.807, 2.05) is 0 Å². The number of nitrogens with zero attached hydrogens (tertiary/aromatic N) is 4. The molecule has 1 aliphatic rings. The summed E-state index contributed by atoms with van der Waals surface area (Å²) < 4.78 is 51.7. The molecule has 1 aliphatic heterocycles. The van der Waals surface area contributed by atoms with Crippen LogP contribution >= 0.6 is 0 Å². The Hall–Kier alpha value is -2.38. The Morgan fingerprint density at radius 3 is 2.33 bits per heavy atom. The summed E-state index contributed by atoms with van der Waals surface area (Å²) in [6.07, 6.45) is 8.01. The lowest BCUT2D eigenvalue weighted by Crippen LogP contribution is -2.41. The summed E-state index contributed by atoms with van der Waals surface area (Å²) in [4.78, 5) is 21.6. The van der Waals surface area contributed by atoms with Crippen molar-refractivity contribution >= 4 is 32.0 Å². The average Bonchev–Trinajstić information content (AvgIpc) is 3.08. The minimum atomic E-state index is -3.67. The third-order valence-electron chi connectivity index (χ3n) is 3.17. The summed E-state index contributed by atoms with van der Waals surface area (Å²) >= 11 is 0. The summed E-state index contributed by atoms with van der Waals surface area (Å²) in [6.45, 7) is 2.26. The Morgan fingerprint density at radius 1 is 1.23 bits per heavy atom. The zero-order valence-corrected chi connectivity index (χ0v) is 18.2. The summed E-state index contributed by atoms with van der Waals surface area (Å²) in [5.41, 5.74) is 0. The minimum Gasteiger partial charge on any atom is -0.368 e. The molecule has 2 heterocycles. The van der Waals surface area contributed by atoms with Crippen molar-refractivity contribution in [3.8, 4) is 6.07 Å². The van der Waals surface area contributed by atoms with Crippen molar-refractivity contribution in [1.29, 1.82) is 5.26 Å². The maximum Gasteiger partial charge on any atom is 0.261 e. The maximum atomic E-state index is 11.9. The lowest BCUT2D eigenvalue weighted by Gasteiger charge is -2.19. The molecule has 13 nitrogen and oxygen atoms in total. The molecule has 0 aromatic carbocycles. The molecule has 1 fully saturated rings. The quantitative estimate of drug-likeness (QED) is 0.294. The van der Waals surface area contributed by atoms with Crippen LogP contribution in [0.5, 0.6) is 0 Å². The van der Waals surface area contributed by atoms with Crippen LogP contribution in [-0.2, 0) is 25.0 Å². The van der Waals surface area contributed by atoms with Gasteiger partial charge in [0.1, 0.15) is 11.9 Å². The van der Waals surface area contributed by atoms with Crippen molar-refractivity contribution in [3.63, 3.8) is 0 Å². The number of anilines is 1. The second-order valence-corrected chi connectivity index (χ2v) is 8.97. The molecule has 0 saturated carbocycles. The van der Waals surface area contributed by atoms with Gasteiger partial charge in [0.2, 0.25) is 5.91 Å². The molecule has 1 saturated heterocycles. The van der Waals surface area contributed by atoms with Crippen LogP contribution in [0.2, 0.25) is 0 Å². The van der Waals surface area contributed by atoms with Crippen LogP contribution in [0.4, 0.5) is 5.82 Å². The standard InChI is InChI=1S/C13H18N6O.2CH4O3S/c14-8-11-2-1-7-19(11)13(20)10-16-4-6-18-12-9-15-3-5-17-12;2*1-5(2,3)4/h3,5,9,11,16H,1-2,4,6-7,10H2,(H,17,18);2*1H3,(H,2,3,4)/t11-;;/m0../s1. The molecule has 1 aromatic rings. The molecule has 2 rings (SSSR count). The number of carbonyl (C=O) groups excluding carboxylic acids is 1. The van der Waals surface area contributed by atoms with Gasteiger partial charge in [-0.25, -0.2) is 4.98 Å². The number of amides is 1. The molecule has 0 bridgehead atoms. The number of likely N-dealkylation sites (tertiary alicyclic amines) is 1. The Bertz CT molecular complexity index is 842. The Labute approximate surface area is 176 Å². The van der Waals surface area contributed by atoms with Crippen LogP contribution in [-0.4, -0.2) is 91.4 Å². The molecule has 1 aromatic heterocycles. The van der Waals surface area contributed by atoms with Crippen molar-refractivity contribution in [1.82, 2.24) is 20.2 Å². The van der Waals surface area contributed by atoms with E-state index in [2.05, 4.69) is 26.7 Å². The van der Waals surface area contributed by atoms with E-state index < -0.39 is 20.2 Å². The smallest absolute Gasteiger partial charge is 0.261 e. The molecule has 1 atom stereocenters. The van der Waals surface area contributed by atoms with Crippen LogP contribution in [0.15, 0.2) is 18.6 Å². The summed E-state index contributed by atoms with van der Waals surface area (Å²) in [7, 11) is -7.33. The van der Waals surface area contributed by atoms with Gasteiger partial charge >= 0.3 is 0 Å². The second kappa shape index (κ2) is 13.8. The lowest BCUT2D eigenvalue weighted by atomic mass is 10.2. The Morgan fingerprint density at radius 2 is 1.83 bits per heavy atom. The van der Waals surface area contributed by atoms with Crippen LogP contribution in [0, 0.1) is 11.3 Å². The Balaban J connectivity index is 0.000000702. The van der Waals surface area contributed by atoms with E-state index in [0.717, 1.165) is 12.8 Å². The molecule has 30 heavy (non-hydrogen) atoms. The van der Waals surface area contributed by atoms with Gasteiger partial charge < -0.3 is 15.5 Å². The van der Waals surface area contributed by atoms with Crippen LogP contribution in [0.3, 0.4) is 0 Å². The maximum absolute atomic E-state index is 11.9. The Kier molecular flexibility index (Phi) is 12.7. The fraction of sp³-hybridized carbons (Fsp3) is 0.600. The lowest BCUT2D eigenvalue weighted by molar-refractivity contribution is -0.130. The van der Waals surface area contributed by atoms with Crippen molar-refractivity contribution in [2.24, 2.45) is 0 Å². The fourth-order valence-electron chi connectivity index (χ4n) is 2.17. The highest BCUT2D eigenvalue weighted by Crippen LogP contribution is 2.15. The highest BCUT2D eigenvalue weighted by molar-refractivity contribution is 7.85. The number of hydrogen-bond acceptors (Lipinski definition) is 10. The van der Waals surface area contributed by atoms with Crippen molar-refractivity contribution in [2.45, 2.75) is 18.9 Å². The van der Waals surface area contributed by atoms with Crippen molar-refractivity contribution in [2.75, 3.05) is 44.0 Å². The molecule has 170 valence electrons. The highest BCUT2D eigenvalue weighted by Gasteiger charge is 2.27. The van der Waals surface area contributed by atoms with E-state index in [9.17, 15) is 21.6 Å². The molecule has 1 amide bonds. The molecular weight excluding hydrogens is 440 g/mol. The van der Waals surface area contributed by atoms with Gasteiger partial charge in [0.05, 0.1) is 31.3 Å². The largest absolute Gasteiger partial charge is 0.368 e. The zero-order valence-electron chi connectivity index (χ0n) is 16.6. The number of nitriles is 1. The first-order chi connectivity index (χ1) is 13.8. The van der Waals surface area contributed by atoms with Gasteiger partial charge in [0.25, 0.3) is 20.2 Å². The second-order valence-electron chi connectivity index (χ2n) is 6.03. The minimum absolute atomic E-state index is 0.00597. The number of nitrogens with one attached hydrogen (secondary N) is 2. The third-order valence-corrected chi connectivity index (χ3v) is 3.17. The van der Waals surface area contributed by atoms with Crippen LogP contribution in [0.25, 0.3) is 0 Å². The zero-order chi connectivity index (χ0) is 23.2. The van der Waals surface area contributed by atoms with Gasteiger partial charge in [0, 0.05) is 32.0 Å². The van der Waals surface area contributed by atoms with E-state index in [1.54, 1.807) is 23.5 Å². The molecule has 0 radical (unpaired) electrons. The fourth-order valence-corrected chi connectivity index (χ4v) is 2.17. The average molecular weight is 467 g/mol. The molecule has 4 N–H and O–H groups in total. The predicted octanol–water partition coefficient (Wildman–Crippen LogP) is -0.999. The summed E-state index contributed by atoms with van der Waals surface area (Å²) in [6, 6.07) is 1.92. The first-order valence-corrected chi connectivity index (χ1v) is 12.3. The van der Waals surface area contributed by atoms with E-state index in [-0.39, 0.29) is 18.5 Å². The number of aromatic nitrogens is 2. The normalized spacial score (nSPS) is 15.7. The summed E-state index contributed by atoms with van der Waals surface area (Å²) in [5.74, 6) is 0.707. The van der Waals surface area contributed by atoms with E-state index >= 15 is 0 Å². The molecule has 15 heteroatoms. The van der Waals surface area contributed by atoms with E-state index in [1.165, 1.54) is 0 Å². The van der Waals surface area contributed by atoms with Gasteiger partial charge in [-0.15, -0.1) is 0 Å². The first-order valence-electron chi connectivity index (χ1n) is 8.56. The van der Waals surface area contributed by atoms with Crippen LogP contribution < -0.4 is 10.6 Å². The first kappa shape index (κ1) is 27.6. The van der Waals surface area contributed by atoms with Gasteiger partial charge in [-0.1, -0.05) is 0 Å². The van der Waals surface area contributed by atoms with E-state index in [4.69, 9.17) is 14.4 Å². The van der Waals surface area contributed by atoms with Crippen molar-refractivity contribution in [3.05, 3.63) is 18.6 Å². The number of hydrogen-bond donors (Lipinski definition) is 4. The monoisotopic (exact) mass is 466 g/mol. The van der Waals surface area contributed by atoms with Gasteiger partial charge in [-0.2, -0.15) is 22.1 Å². The third kappa shape index (κ3) is 17.7. The molecule has 0 spiro atoms. The van der Waals surface area contributed by atoms with Crippen molar-refractivity contribution < 1.29 is 30.7 Å². The van der Waals surface area contributed by atoms with E-state index in [0.29, 0.717) is 38.0 Å². The SMILES string of the molecule is CS(=O)(=O)O.CS(=O)(=O)O.N#C[C@@H]1CCCN1C(=O)CNCCNc1cnccn1. The molecule has 0 unspecified atom stereocenters. The van der Waals surface area contributed by atoms with Gasteiger partial charge in [0.15, 0.2) is 0 Å². The molecule has 0 aliphatic carbocycles. The number of rotatable bonds is 6. The van der Waals surface area contributed by atoms with Crippen LogP contribution in [0.1, 0.15) is 12.8 Å². The molecular formula is C15H26N6O7S2. The van der Waals surface area contributed by atoms with Gasteiger partial charge in [-0.05, 0) is 12.8 Å². The predicted molar refractivity (Wildman–Crippen MR) is 109 cm³/mol. The number of carbonyl (C=O) groups is 1. The van der Waals surface area contributed by atoms with Gasteiger partial charge in [-0.3, -0.25) is 18.9 Å².